The van der Waals surface area contributed by atoms with Crippen molar-refractivity contribution in [1.29, 1.82) is 0 Å². The summed E-state index contributed by atoms with van der Waals surface area (Å²) in [5.41, 5.74) is 8.29. The second-order valence-corrected chi connectivity index (χ2v) is 14.4. The van der Waals surface area contributed by atoms with Crippen molar-refractivity contribution in [2.24, 2.45) is 0 Å². The maximum Gasteiger partial charge on any atom is 0.0900 e. The number of rotatable bonds is 4. The number of hydrogen-bond donors (Lipinski definition) is 0. The molecule has 0 saturated heterocycles. The van der Waals surface area contributed by atoms with Gasteiger partial charge in [0.1, 0.15) is 0 Å². The summed E-state index contributed by atoms with van der Waals surface area (Å²) >= 11 is 1.84. The molecule has 0 radical (unpaired) electrons. The molecular weight excluding hydrogens is 665 g/mol. The quantitative estimate of drug-likeness (QED) is 0.172. The zero-order valence-corrected chi connectivity index (χ0v) is 29.2. The van der Waals surface area contributed by atoms with Crippen LogP contribution in [0.1, 0.15) is 0 Å². The van der Waals surface area contributed by atoms with E-state index in [0.717, 1.165) is 56.1 Å². The first kappa shape index (κ1) is 29.9. The maximum absolute atomic E-state index is 5.68. The van der Waals surface area contributed by atoms with E-state index >= 15 is 0 Å². The molecule has 0 aliphatic carbocycles. The molecular formula is C48H28N4S. The number of thiophene rings is 1. The molecule has 0 spiro atoms. The van der Waals surface area contributed by atoms with Gasteiger partial charge in [0.05, 0.1) is 34.0 Å². The maximum atomic E-state index is 5.68. The second-order valence-electron chi connectivity index (χ2n) is 13.4. The van der Waals surface area contributed by atoms with Gasteiger partial charge in [-0.2, -0.15) is 0 Å². The topological polar surface area (TPSA) is 51.6 Å². The first-order chi connectivity index (χ1) is 26.3. The minimum Gasteiger partial charge on any atom is -0.255 e. The minimum absolute atomic E-state index is 0.789. The van der Waals surface area contributed by atoms with Crippen LogP contribution in [0.25, 0.3) is 109 Å². The molecule has 5 heterocycles. The van der Waals surface area contributed by atoms with Crippen LogP contribution in [0.5, 0.6) is 0 Å². The van der Waals surface area contributed by atoms with Crippen molar-refractivity contribution in [3.05, 3.63) is 170 Å². The standard InChI is InChI=1S/C48H28N4S/c1-2-14-34-32(12-1)33-13-3-4-15-35(33)39-26-29(22-23-36(34)39)46-45-37-16-5-6-21-44(37)53-48(45)38-18-11-17-31(47(38)52-46)30-27-42(40-19-7-9-24-49-40)51-43(28-30)41-20-8-10-25-50-41/h1-28H. The Morgan fingerprint density at radius 2 is 0.943 bits per heavy atom. The molecule has 0 saturated carbocycles. The lowest BCUT2D eigenvalue weighted by Crippen LogP contribution is -1.95. The highest BCUT2D eigenvalue weighted by Crippen LogP contribution is 2.46. The van der Waals surface area contributed by atoms with Gasteiger partial charge < -0.3 is 0 Å². The molecule has 11 rings (SSSR count). The molecule has 6 aromatic carbocycles. The average Bonchev–Trinajstić information content (AvgIpc) is 3.64. The van der Waals surface area contributed by atoms with Crippen molar-refractivity contribution in [2.45, 2.75) is 0 Å². The monoisotopic (exact) mass is 692 g/mol. The number of pyridine rings is 4. The highest BCUT2D eigenvalue weighted by Gasteiger charge is 2.20. The van der Waals surface area contributed by atoms with E-state index in [2.05, 4.69) is 131 Å². The third-order valence-electron chi connectivity index (χ3n) is 10.3. The molecule has 53 heavy (non-hydrogen) atoms. The van der Waals surface area contributed by atoms with Crippen molar-refractivity contribution in [1.82, 2.24) is 19.9 Å². The Bertz CT molecular complexity index is 3130. The molecule has 0 unspecified atom stereocenters. The van der Waals surface area contributed by atoms with Crippen molar-refractivity contribution >= 4 is 74.7 Å². The number of benzene rings is 6. The van der Waals surface area contributed by atoms with Gasteiger partial charge in [-0.25, -0.2) is 9.97 Å². The molecule has 0 amide bonds. The first-order valence-electron chi connectivity index (χ1n) is 17.7. The van der Waals surface area contributed by atoms with Crippen molar-refractivity contribution < 1.29 is 0 Å². The van der Waals surface area contributed by atoms with Gasteiger partial charge in [-0.15, -0.1) is 11.3 Å². The van der Waals surface area contributed by atoms with Crippen LogP contribution in [0.4, 0.5) is 0 Å². The molecule has 4 nitrogen and oxygen atoms in total. The van der Waals surface area contributed by atoms with Gasteiger partial charge in [0.2, 0.25) is 0 Å². The van der Waals surface area contributed by atoms with E-state index in [4.69, 9.17) is 9.97 Å². The fraction of sp³-hybridized carbons (Fsp3) is 0. The van der Waals surface area contributed by atoms with Crippen LogP contribution in [0.15, 0.2) is 170 Å². The Balaban J connectivity index is 1.23. The van der Waals surface area contributed by atoms with Gasteiger partial charge in [0.15, 0.2) is 0 Å². The number of fused-ring (bicyclic) bond motifs is 11. The Morgan fingerprint density at radius 3 is 1.58 bits per heavy atom. The van der Waals surface area contributed by atoms with E-state index in [0.29, 0.717) is 0 Å². The predicted molar refractivity (Wildman–Crippen MR) is 222 cm³/mol. The van der Waals surface area contributed by atoms with Crippen LogP contribution in [0.3, 0.4) is 0 Å². The van der Waals surface area contributed by atoms with Crippen LogP contribution in [-0.4, -0.2) is 19.9 Å². The molecule has 5 heteroatoms. The summed E-state index contributed by atoms with van der Waals surface area (Å²) in [6.07, 6.45) is 3.62. The lowest BCUT2D eigenvalue weighted by atomic mass is 9.92. The number of hydrogen-bond acceptors (Lipinski definition) is 5. The molecule has 0 N–H and O–H groups in total. The molecule has 5 aromatic heterocycles. The Hall–Kier alpha value is -6.82. The minimum atomic E-state index is 0.789. The van der Waals surface area contributed by atoms with E-state index in [9.17, 15) is 0 Å². The van der Waals surface area contributed by atoms with Crippen molar-refractivity contribution in [3.63, 3.8) is 0 Å². The molecule has 0 aliphatic rings. The molecule has 0 bridgehead atoms. The first-order valence-corrected chi connectivity index (χ1v) is 18.5. The highest BCUT2D eigenvalue weighted by molar-refractivity contribution is 7.26. The third kappa shape index (κ3) is 4.75. The largest absolute Gasteiger partial charge is 0.255 e. The Labute approximate surface area is 308 Å². The predicted octanol–water partition coefficient (Wildman–Crippen LogP) is 12.9. The van der Waals surface area contributed by atoms with Gasteiger partial charge in [-0.1, -0.05) is 109 Å². The normalized spacial score (nSPS) is 11.8. The fourth-order valence-corrected chi connectivity index (χ4v) is 9.19. The zero-order chi connectivity index (χ0) is 34.9. The molecule has 0 fully saturated rings. The van der Waals surface area contributed by atoms with Crippen molar-refractivity contribution in [3.8, 4) is 45.2 Å². The van der Waals surface area contributed by atoms with E-state index < -0.39 is 0 Å². The van der Waals surface area contributed by atoms with E-state index in [1.807, 2.05) is 60.1 Å². The number of para-hydroxylation sites is 1. The van der Waals surface area contributed by atoms with Gasteiger partial charge in [-0.05, 0) is 86.4 Å². The average molecular weight is 693 g/mol. The lowest BCUT2D eigenvalue weighted by molar-refractivity contribution is 1.22. The summed E-state index contributed by atoms with van der Waals surface area (Å²) in [5.74, 6) is 0. The van der Waals surface area contributed by atoms with Crippen LogP contribution in [-0.2, 0) is 0 Å². The van der Waals surface area contributed by atoms with E-state index in [1.165, 1.54) is 52.5 Å². The Morgan fingerprint density at radius 1 is 0.377 bits per heavy atom. The van der Waals surface area contributed by atoms with Crippen molar-refractivity contribution in [2.75, 3.05) is 0 Å². The van der Waals surface area contributed by atoms with Crippen LogP contribution >= 0.6 is 11.3 Å². The molecule has 0 atom stereocenters. The number of aromatic nitrogens is 4. The van der Waals surface area contributed by atoms with E-state index in [-0.39, 0.29) is 0 Å². The highest BCUT2D eigenvalue weighted by atomic mass is 32.1. The summed E-state index contributed by atoms with van der Waals surface area (Å²) in [7, 11) is 0. The smallest absolute Gasteiger partial charge is 0.0900 e. The van der Waals surface area contributed by atoms with E-state index in [1.54, 1.807) is 0 Å². The van der Waals surface area contributed by atoms with Gasteiger partial charge in [0.25, 0.3) is 0 Å². The van der Waals surface area contributed by atoms with Crippen LogP contribution < -0.4 is 0 Å². The zero-order valence-electron chi connectivity index (χ0n) is 28.4. The summed E-state index contributed by atoms with van der Waals surface area (Å²) in [6, 6.07) is 55.8. The van der Waals surface area contributed by atoms with Crippen LogP contribution in [0, 0.1) is 0 Å². The summed E-state index contributed by atoms with van der Waals surface area (Å²) in [4.78, 5) is 20.1. The summed E-state index contributed by atoms with van der Waals surface area (Å²) < 4.78 is 2.49. The number of nitrogens with zero attached hydrogens (tertiary/aromatic N) is 4. The van der Waals surface area contributed by atoms with Crippen LogP contribution in [0.2, 0.25) is 0 Å². The second kappa shape index (κ2) is 11.9. The SMILES string of the molecule is c1ccc(-c2cc(-c3cccc4c3nc(-c3ccc5c6ccccc6c6ccccc6c5c3)c3c5ccccc5sc43)cc(-c3ccccn3)n2)nc1. The summed E-state index contributed by atoms with van der Waals surface area (Å²) in [6.45, 7) is 0. The molecule has 11 aromatic rings. The lowest BCUT2D eigenvalue weighted by Gasteiger charge is -2.15. The molecule has 246 valence electrons. The fourth-order valence-electron chi connectivity index (χ4n) is 7.96. The Kier molecular flexibility index (Phi) is 6.69. The molecule has 0 aliphatic heterocycles. The third-order valence-corrected chi connectivity index (χ3v) is 11.5. The summed E-state index contributed by atoms with van der Waals surface area (Å²) in [5, 5.41) is 11.1. The van der Waals surface area contributed by atoms with Gasteiger partial charge >= 0.3 is 0 Å². The van der Waals surface area contributed by atoms with Gasteiger partial charge in [0, 0.05) is 49.1 Å². The van der Waals surface area contributed by atoms with Gasteiger partial charge in [-0.3, -0.25) is 9.97 Å².